The molecule has 1 aliphatic heterocycles. The summed E-state index contributed by atoms with van der Waals surface area (Å²) in [5.41, 5.74) is 0. The number of hydrogen-bond donors (Lipinski definition) is 1. The van der Waals surface area contributed by atoms with E-state index >= 15 is 0 Å². The monoisotopic (exact) mass is 290 g/mol. The van der Waals surface area contributed by atoms with Crippen molar-refractivity contribution in [3.05, 3.63) is 18.6 Å². The van der Waals surface area contributed by atoms with E-state index in [-0.39, 0.29) is 12.1 Å². The molecule has 2 atom stereocenters. The average molecular weight is 290 g/mol. The number of hydrogen-bond acceptors (Lipinski definition) is 8. The molecule has 9 heteroatoms. The van der Waals surface area contributed by atoms with E-state index in [1.165, 1.54) is 0 Å². The molecule has 2 aromatic heterocycles. The van der Waals surface area contributed by atoms with Crippen molar-refractivity contribution in [3.63, 3.8) is 0 Å². The molecule has 1 saturated heterocycles. The fraction of sp³-hybridized carbons (Fsp3) is 0.583. The van der Waals surface area contributed by atoms with Crippen LogP contribution in [0.4, 0.5) is 11.8 Å². The van der Waals surface area contributed by atoms with Crippen molar-refractivity contribution >= 4 is 11.8 Å². The van der Waals surface area contributed by atoms with E-state index < -0.39 is 0 Å². The highest BCUT2D eigenvalue weighted by Crippen LogP contribution is 2.25. The van der Waals surface area contributed by atoms with E-state index in [0.717, 1.165) is 25.3 Å². The summed E-state index contributed by atoms with van der Waals surface area (Å²) in [6.07, 6.45) is 4.44. The van der Waals surface area contributed by atoms with Gasteiger partial charge in [0.25, 0.3) is 0 Å². The van der Waals surface area contributed by atoms with Crippen LogP contribution in [-0.4, -0.2) is 62.5 Å². The Balaban J connectivity index is 1.70. The summed E-state index contributed by atoms with van der Waals surface area (Å²) < 4.78 is 7.10. The Bertz CT molecular complexity index is 574. The fourth-order valence-corrected chi connectivity index (χ4v) is 2.56. The summed E-state index contributed by atoms with van der Waals surface area (Å²) >= 11 is 0. The molecule has 0 bridgehead atoms. The number of aromatic nitrogens is 6. The van der Waals surface area contributed by atoms with Crippen molar-refractivity contribution in [2.75, 3.05) is 30.4 Å². The van der Waals surface area contributed by atoms with E-state index in [2.05, 4.69) is 35.7 Å². The molecule has 0 radical (unpaired) electrons. The molecule has 0 unspecified atom stereocenters. The van der Waals surface area contributed by atoms with Crippen molar-refractivity contribution in [3.8, 4) is 0 Å². The van der Waals surface area contributed by atoms with Gasteiger partial charge in [-0.3, -0.25) is 0 Å². The molecule has 0 saturated carbocycles. The van der Waals surface area contributed by atoms with Gasteiger partial charge >= 0.3 is 0 Å². The third-order valence-electron chi connectivity index (χ3n) is 3.69. The van der Waals surface area contributed by atoms with Gasteiger partial charge in [-0.1, -0.05) is 5.10 Å². The smallest absolute Gasteiger partial charge is 0.242 e. The lowest BCUT2D eigenvalue weighted by molar-refractivity contribution is 0.118. The SMILES string of the molecule is CO[C@@H]1C[C@H](CNc2nnnn2C)N(c2ccncn2)C1. The molecule has 3 rings (SSSR count). The van der Waals surface area contributed by atoms with Crippen LogP contribution in [0, 0.1) is 0 Å². The van der Waals surface area contributed by atoms with Gasteiger partial charge in [0.15, 0.2) is 0 Å². The maximum Gasteiger partial charge on any atom is 0.242 e. The van der Waals surface area contributed by atoms with Crippen LogP contribution in [0.5, 0.6) is 0 Å². The highest BCUT2D eigenvalue weighted by atomic mass is 16.5. The summed E-state index contributed by atoms with van der Waals surface area (Å²) in [7, 11) is 3.54. The normalized spacial score (nSPS) is 21.7. The van der Waals surface area contributed by atoms with Gasteiger partial charge in [0.2, 0.25) is 5.95 Å². The van der Waals surface area contributed by atoms with Gasteiger partial charge in [0, 0.05) is 33.4 Å². The predicted molar refractivity (Wildman–Crippen MR) is 75.9 cm³/mol. The first kappa shape index (κ1) is 13.7. The van der Waals surface area contributed by atoms with Crippen LogP contribution in [0.25, 0.3) is 0 Å². The minimum Gasteiger partial charge on any atom is -0.380 e. The number of nitrogens with zero attached hydrogens (tertiary/aromatic N) is 7. The van der Waals surface area contributed by atoms with Crippen molar-refractivity contribution < 1.29 is 4.74 Å². The maximum absolute atomic E-state index is 5.50. The Morgan fingerprint density at radius 2 is 2.38 bits per heavy atom. The van der Waals surface area contributed by atoms with Gasteiger partial charge in [0.1, 0.15) is 12.1 Å². The predicted octanol–water partition coefficient (Wildman–Crippen LogP) is -0.294. The Kier molecular flexibility index (Phi) is 3.91. The van der Waals surface area contributed by atoms with Crippen molar-refractivity contribution in [1.29, 1.82) is 0 Å². The van der Waals surface area contributed by atoms with Crippen molar-refractivity contribution in [1.82, 2.24) is 30.2 Å². The van der Waals surface area contributed by atoms with E-state index in [4.69, 9.17) is 4.74 Å². The summed E-state index contributed by atoms with van der Waals surface area (Å²) in [6, 6.07) is 2.18. The van der Waals surface area contributed by atoms with Crippen LogP contribution >= 0.6 is 0 Å². The second kappa shape index (κ2) is 6.00. The maximum atomic E-state index is 5.50. The summed E-state index contributed by atoms with van der Waals surface area (Å²) in [5, 5.41) is 14.6. The molecule has 1 fully saturated rings. The quantitative estimate of drug-likeness (QED) is 0.802. The van der Waals surface area contributed by atoms with Crippen LogP contribution in [0.15, 0.2) is 18.6 Å². The highest BCUT2D eigenvalue weighted by molar-refractivity contribution is 5.41. The molecule has 9 nitrogen and oxygen atoms in total. The Labute approximate surface area is 122 Å². The third kappa shape index (κ3) is 2.92. The summed E-state index contributed by atoms with van der Waals surface area (Å²) in [4.78, 5) is 10.5. The molecule has 1 aliphatic rings. The number of rotatable bonds is 5. The Morgan fingerprint density at radius 1 is 1.48 bits per heavy atom. The largest absolute Gasteiger partial charge is 0.380 e. The summed E-state index contributed by atoms with van der Waals surface area (Å²) in [5.74, 6) is 1.56. The second-order valence-corrected chi connectivity index (χ2v) is 4.97. The zero-order valence-electron chi connectivity index (χ0n) is 12.0. The average Bonchev–Trinajstić information content (AvgIpc) is 3.12. The third-order valence-corrected chi connectivity index (χ3v) is 3.69. The van der Waals surface area contributed by atoms with Crippen molar-refractivity contribution in [2.45, 2.75) is 18.6 Å². The Morgan fingerprint density at radius 3 is 3.05 bits per heavy atom. The fourth-order valence-electron chi connectivity index (χ4n) is 2.56. The molecular weight excluding hydrogens is 272 g/mol. The molecule has 0 amide bonds. The molecule has 0 spiro atoms. The first-order valence-electron chi connectivity index (χ1n) is 6.79. The molecule has 1 N–H and O–H groups in total. The first-order valence-corrected chi connectivity index (χ1v) is 6.79. The number of nitrogens with one attached hydrogen (secondary N) is 1. The minimum atomic E-state index is 0.199. The van der Waals surface area contributed by atoms with E-state index in [9.17, 15) is 0 Å². The van der Waals surface area contributed by atoms with Crippen LogP contribution in [0.2, 0.25) is 0 Å². The Hall–Kier alpha value is -2.29. The molecule has 112 valence electrons. The molecule has 3 heterocycles. The van der Waals surface area contributed by atoms with Gasteiger partial charge in [-0.15, -0.1) is 0 Å². The molecule has 21 heavy (non-hydrogen) atoms. The van der Waals surface area contributed by atoms with Gasteiger partial charge in [0.05, 0.1) is 12.1 Å². The number of methoxy groups -OCH3 is 1. The number of anilines is 2. The van der Waals surface area contributed by atoms with Gasteiger partial charge in [-0.25, -0.2) is 14.6 Å². The zero-order valence-corrected chi connectivity index (χ0v) is 12.0. The zero-order chi connectivity index (χ0) is 14.7. The molecule has 0 aliphatic carbocycles. The van der Waals surface area contributed by atoms with E-state index in [0.29, 0.717) is 5.95 Å². The standard InChI is InChI=1S/C12H18N8O/c1-19-12(16-17-18-19)14-6-9-5-10(21-2)7-20(9)11-3-4-13-8-15-11/h3-4,8-10H,5-7H2,1-2H3,(H,14,16,18)/t9-,10-/m1/s1. The lowest BCUT2D eigenvalue weighted by Gasteiger charge is -2.25. The van der Waals surface area contributed by atoms with Crippen LogP contribution in [0.3, 0.4) is 0 Å². The van der Waals surface area contributed by atoms with Gasteiger partial charge < -0.3 is 15.0 Å². The topological polar surface area (TPSA) is 93.9 Å². The van der Waals surface area contributed by atoms with E-state index in [1.807, 2.05) is 6.07 Å². The van der Waals surface area contributed by atoms with Crippen LogP contribution in [0.1, 0.15) is 6.42 Å². The molecule has 2 aromatic rings. The van der Waals surface area contributed by atoms with E-state index in [1.54, 1.807) is 31.4 Å². The lowest BCUT2D eigenvalue weighted by atomic mass is 10.2. The van der Waals surface area contributed by atoms with Gasteiger partial charge in [-0.2, -0.15) is 0 Å². The van der Waals surface area contributed by atoms with Crippen LogP contribution < -0.4 is 10.2 Å². The highest BCUT2D eigenvalue weighted by Gasteiger charge is 2.33. The minimum absolute atomic E-state index is 0.199. The van der Waals surface area contributed by atoms with Gasteiger partial charge in [-0.05, 0) is 22.9 Å². The number of ether oxygens (including phenoxy) is 1. The molecular formula is C12H18N8O. The second-order valence-electron chi connectivity index (χ2n) is 4.97. The molecule has 0 aromatic carbocycles. The first-order chi connectivity index (χ1) is 10.3. The lowest BCUT2D eigenvalue weighted by Crippen LogP contribution is -2.36. The number of tetrazole rings is 1. The van der Waals surface area contributed by atoms with Crippen LogP contribution in [-0.2, 0) is 11.8 Å². The van der Waals surface area contributed by atoms with Crippen molar-refractivity contribution in [2.24, 2.45) is 7.05 Å². The summed E-state index contributed by atoms with van der Waals surface area (Å²) in [6.45, 7) is 1.54. The number of aryl methyl sites for hydroxylation is 1.